The second kappa shape index (κ2) is 9.32. The third-order valence-electron chi connectivity index (χ3n) is 4.06. The van der Waals surface area contributed by atoms with E-state index in [4.69, 9.17) is 4.52 Å². The van der Waals surface area contributed by atoms with Crippen LogP contribution in [-0.2, 0) is 13.0 Å². The first-order valence-electron chi connectivity index (χ1n) is 9.11. The molecule has 0 aliphatic carbocycles. The van der Waals surface area contributed by atoms with Gasteiger partial charge in [0.1, 0.15) is 5.69 Å². The fraction of sp³-hybridized carbons (Fsp3) is 0.350. The van der Waals surface area contributed by atoms with Crippen LogP contribution in [0.5, 0.6) is 0 Å². The molecule has 0 radical (unpaired) electrons. The lowest BCUT2D eigenvalue weighted by atomic mass is 10.2. The predicted molar refractivity (Wildman–Crippen MR) is 110 cm³/mol. The van der Waals surface area contributed by atoms with E-state index in [1.165, 1.54) is 4.88 Å². The lowest BCUT2D eigenvalue weighted by Gasteiger charge is -2.10. The molecule has 0 amide bonds. The summed E-state index contributed by atoms with van der Waals surface area (Å²) in [6.07, 6.45) is 0.881. The van der Waals surface area contributed by atoms with Gasteiger partial charge in [-0.25, -0.2) is 9.98 Å². The number of aliphatic imine (C=N–C) groups is 1. The SMILES string of the molecule is CCNC(=NCc1cc(-c2ccccc2)on1)NCCc1nc(C)c(C)s1. The van der Waals surface area contributed by atoms with E-state index in [0.29, 0.717) is 6.54 Å². The van der Waals surface area contributed by atoms with Crippen molar-refractivity contribution in [2.24, 2.45) is 4.99 Å². The number of thiazole rings is 1. The molecular formula is C20H25N5OS. The number of aryl methyl sites for hydroxylation is 2. The minimum atomic E-state index is 0.459. The van der Waals surface area contributed by atoms with E-state index >= 15 is 0 Å². The summed E-state index contributed by atoms with van der Waals surface area (Å²) in [5.41, 5.74) is 2.94. The van der Waals surface area contributed by atoms with Crippen molar-refractivity contribution < 1.29 is 4.52 Å². The van der Waals surface area contributed by atoms with E-state index < -0.39 is 0 Å². The highest BCUT2D eigenvalue weighted by Crippen LogP contribution is 2.20. The van der Waals surface area contributed by atoms with Gasteiger partial charge in [-0.05, 0) is 20.8 Å². The van der Waals surface area contributed by atoms with Crippen LogP contribution in [0.3, 0.4) is 0 Å². The molecule has 2 heterocycles. The fourth-order valence-corrected chi connectivity index (χ4v) is 3.49. The molecule has 27 heavy (non-hydrogen) atoms. The molecule has 0 aliphatic rings. The Bertz CT molecular complexity index is 865. The Morgan fingerprint density at radius 2 is 2.00 bits per heavy atom. The molecule has 3 rings (SSSR count). The topological polar surface area (TPSA) is 75.3 Å². The Hall–Kier alpha value is -2.67. The van der Waals surface area contributed by atoms with Gasteiger partial charge in [0.15, 0.2) is 11.7 Å². The van der Waals surface area contributed by atoms with Crippen molar-refractivity contribution in [2.45, 2.75) is 33.7 Å². The summed E-state index contributed by atoms with van der Waals surface area (Å²) < 4.78 is 5.43. The highest BCUT2D eigenvalue weighted by Gasteiger charge is 2.07. The van der Waals surface area contributed by atoms with Crippen molar-refractivity contribution in [2.75, 3.05) is 13.1 Å². The third-order valence-corrected chi connectivity index (χ3v) is 5.20. The molecule has 0 unspecified atom stereocenters. The Kier molecular flexibility index (Phi) is 6.59. The largest absolute Gasteiger partial charge is 0.357 e. The van der Waals surface area contributed by atoms with Crippen molar-refractivity contribution in [1.29, 1.82) is 0 Å². The summed E-state index contributed by atoms with van der Waals surface area (Å²) in [6.45, 7) is 8.25. The number of hydrogen-bond acceptors (Lipinski definition) is 5. The van der Waals surface area contributed by atoms with Gasteiger partial charge in [-0.1, -0.05) is 35.5 Å². The normalized spacial score (nSPS) is 11.6. The number of guanidine groups is 1. The zero-order valence-corrected chi connectivity index (χ0v) is 16.8. The molecule has 2 N–H and O–H groups in total. The minimum absolute atomic E-state index is 0.459. The summed E-state index contributed by atoms with van der Waals surface area (Å²) in [5.74, 6) is 1.53. The molecule has 142 valence electrons. The van der Waals surface area contributed by atoms with E-state index in [9.17, 15) is 0 Å². The monoisotopic (exact) mass is 383 g/mol. The summed E-state index contributed by atoms with van der Waals surface area (Å²) >= 11 is 1.76. The number of rotatable bonds is 7. The van der Waals surface area contributed by atoms with Crippen molar-refractivity contribution >= 4 is 17.3 Å². The highest BCUT2D eigenvalue weighted by molar-refractivity contribution is 7.11. The smallest absolute Gasteiger partial charge is 0.191 e. The summed E-state index contributed by atoms with van der Waals surface area (Å²) in [5, 5.41) is 11.9. The molecule has 7 heteroatoms. The second-order valence-corrected chi connectivity index (χ2v) is 7.46. The molecule has 0 aliphatic heterocycles. The standard InChI is InChI=1S/C20H25N5OS/c1-4-21-20(22-11-10-19-24-14(2)15(3)27-19)23-13-17-12-18(26-25-17)16-8-6-5-7-9-16/h5-9,12H,4,10-11,13H2,1-3H3,(H2,21,22,23). The summed E-state index contributed by atoms with van der Waals surface area (Å²) in [7, 11) is 0. The maximum atomic E-state index is 5.43. The molecule has 0 saturated carbocycles. The van der Waals surface area contributed by atoms with Crippen LogP contribution in [0.1, 0.15) is 28.2 Å². The van der Waals surface area contributed by atoms with E-state index in [2.05, 4.69) is 39.6 Å². The number of aromatic nitrogens is 2. The lowest BCUT2D eigenvalue weighted by Crippen LogP contribution is -2.38. The van der Waals surface area contributed by atoms with Crippen LogP contribution in [0.4, 0.5) is 0 Å². The average molecular weight is 384 g/mol. The van der Waals surface area contributed by atoms with Crippen molar-refractivity contribution in [1.82, 2.24) is 20.8 Å². The van der Waals surface area contributed by atoms with Gasteiger partial charge in [0.05, 0.1) is 17.2 Å². The lowest BCUT2D eigenvalue weighted by molar-refractivity contribution is 0.424. The maximum Gasteiger partial charge on any atom is 0.191 e. The van der Waals surface area contributed by atoms with Gasteiger partial charge >= 0.3 is 0 Å². The van der Waals surface area contributed by atoms with Crippen LogP contribution in [0.2, 0.25) is 0 Å². The zero-order chi connectivity index (χ0) is 19.1. The zero-order valence-electron chi connectivity index (χ0n) is 16.0. The van der Waals surface area contributed by atoms with Crippen LogP contribution in [0.15, 0.2) is 45.9 Å². The van der Waals surface area contributed by atoms with E-state index in [1.807, 2.05) is 43.3 Å². The molecular weight excluding hydrogens is 358 g/mol. The first kappa shape index (κ1) is 19.1. The Labute approximate surface area is 163 Å². The first-order chi connectivity index (χ1) is 13.2. The molecule has 0 atom stereocenters. The molecule has 0 saturated heterocycles. The summed E-state index contributed by atoms with van der Waals surface area (Å²) in [6, 6.07) is 11.9. The second-order valence-electron chi connectivity index (χ2n) is 6.17. The number of benzene rings is 1. The number of hydrogen-bond donors (Lipinski definition) is 2. The van der Waals surface area contributed by atoms with Crippen LogP contribution < -0.4 is 10.6 Å². The highest BCUT2D eigenvalue weighted by atomic mass is 32.1. The van der Waals surface area contributed by atoms with Gasteiger partial charge in [-0.2, -0.15) is 0 Å². The van der Waals surface area contributed by atoms with Gasteiger partial charge in [0, 0.05) is 36.0 Å². The van der Waals surface area contributed by atoms with E-state index in [1.54, 1.807) is 11.3 Å². The molecule has 0 fully saturated rings. The first-order valence-corrected chi connectivity index (χ1v) is 9.93. The molecule has 6 nitrogen and oxygen atoms in total. The quantitative estimate of drug-likeness (QED) is 0.480. The average Bonchev–Trinajstić information content (AvgIpc) is 3.27. The van der Waals surface area contributed by atoms with Gasteiger partial charge in [0.2, 0.25) is 0 Å². The summed E-state index contributed by atoms with van der Waals surface area (Å²) in [4.78, 5) is 10.5. The predicted octanol–water partition coefficient (Wildman–Crippen LogP) is 3.71. The molecule has 0 spiro atoms. The maximum absolute atomic E-state index is 5.43. The third kappa shape index (κ3) is 5.40. The number of nitrogens with zero attached hydrogens (tertiary/aromatic N) is 3. The van der Waals surface area contributed by atoms with E-state index in [-0.39, 0.29) is 0 Å². The Balaban J connectivity index is 1.56. The van der Waals surface area contributed by atoms with Crippen LogP contribution in [0.25, 0.3) is 11.3 Å². The molecule has 0 bridgehead atoms. The van der Waals surface area contributed by atoms with Crippen molar-refractivity contribution in [3.63, 3.8) is 0 Å². The van der Waals surface area contributed by atoms with Crippen molar-refractivity contribution in [3.8, 4) is 11.3 Å². The Morgan fingerprint density at radius 3 is 2.70 bits per heavy atom. The van der Waals surface area contributed by atoms with Gasteiger partial charge in [-0.15, -0.1) is 11.3 Å². The molecule has 3 aromatic rings. The van der Waals surface area contributed by atoms with E-state index in [0.717, 1.165) is 53.2 Å². The molecule has 1 aromatic carbocycles. The van der Waals surface area contributed by atoms with Crippen LogP contribution in [0, 0.1) is 13.8 Å². The van der Waals surface area contributed by atoms with Gasteiger partial charge in [-0.3, -0.25) is 0 Å². The molecule has 2 aromatic heterocycles. The minimum Gasteiger partial charge on any atom is -0.357 e. The fourth-order valence-electron chi connectivity index (χ4n) is 2.56. The van der Waals surface area contributed by atoms with Crippen LogP contribution in [-0.4, -0.2) is 29.2 Å². The number of nitrogens with one attached hydrogen (secondary N) is 2. The van der Waals surface area contributed by atoms with Gasteiger partial charge in [0.25, 0.3) is 0 Å². The van der Waals surface area contributed by atoms with Gasteiger partial charge < -0.3 is 15.2 Å². The van der Waals surface area contributed by atoms with Crippen LogP contribution >= 0.6 is 11.3 Å². The Morgan fingerprint density at radius 1 is 1.19 bits per heavy atom. The van der Waals surface area contributed by atoms with Crippen molar-refractivity contribution in [3.05, 3.63) is 57.7 Å².